The van der Waals surface area contributed by atoms with Crippen LogP contribution in [-0.4, -0.2) is 19.3 Å². The Morgan fingerprint density at radius 2 is 2.08 bits per heavy atom. The number of ether oxygens (including phenoxy) is 2. The molecule has 74 valence electrons. The van der Waals surface area contributed by atoms with Crippen molar-refractivity contribution in [2.45, 2.75) is 44.6 Å². The van der Waals surface area contributed by atoms with Gasteiger partial charge in [-0.15, -0.1) is 0 Å². The first-order chi connectivity index (χ1) is 6.45. The molecular formula is C11H18O2. The van der Waals surface area contributed by atoms with Gasteiger partial charge in [0.15, 0.2) is 0 Å². The van der Waals surface area contributed by atoms with Crippen molar-refractivity contribution >= 4 is 0 Å². The highest BCUT2D eigenvalue weighted by Gasteiger charge is 2.14. The number of allylic oxidation sites excluding steroid dienone is 1. The third-order valence-corrected chi connectivity index (χ3v) is 2.79. The smallest absolute Gasteiger partial charge is 0.121 e. The second-order valence-electron chi connectivity index (χ2n) is 3.96. The molecule has 2 heteroatoms. The van der Waals surface area contributed by atoms with Gasteiger partial charge in [0.1, 0.15) is 6.10 Å². The van der Waals surface area contributed by atoms with Crippen LogP contribution in [0.25, 0.3) is 0 Å². The first kappa shape index (κ1) is 9.07. The highest BCUT2D eigenvalue weighted by molar-refractivity contribution is 5.02. The SMILES string of the molecule is C(OC1CCCOC1)=C1CCCC1. The molecule has 1 aliphatic heterocycles. The highest BCUT2D eigenvalue weighted by Crippen LogP contribution is 2.24. The molecule has 0 radical (unpaired) electrons. The van der Waals surface area contributed by atoms with Crippen LogP contribution >= 0.6 is 0 Å². The van der Waals surface area contributed by atoms with Crippen LogP contribution in [0, 0.1) is 0 Å². The van der Waals surface area contributed by atoms with Crippen LogP contribution in [0.1, 0.15) is 38.5 Å². The summed E-state index contributed by atoms with van der Waals surface area (Å²) in [4.78, 5) is 0. The lowest BCUT2D eigenvalue weighted by molar-refractivity contribution is -0.0138. The Labute approximate surface area is 79.9 Å². The zero-order chi connectivity index (χ0) is 8.93. The monoisotopic (exact) mass is 182 g/mol. The maximum Gasteiger partial charge on any atom is 0.121 e. The Bertz CT molecular complexity index is 173. The van der Waals surface area contributed by atoms with Crippen LogP contribution < -0.4 is 0 Å². The second kappa shape index (κ2) is 4.66. The number of hydrogen-bond donors (Lipinski definition) is 0. The van der Waals surface area contributed by atoms with Gasteiger partial charge in [0.25, 0.3) is 0 Å². The van der Waals surface area contributed by atoms with Gasteiger partial charge in [-0.25, -0.2) is 0 Å². The fourth-order valence-electron chi connectivity index (χ4n) is 1.96. The Kier molecular flexibility index (Phi) is 3.25. The third kappa shape index (κ3) is 2.73. The van der Waals surface area contributed by atoms with E-state index in [-0.39, 0.29) is 0 Å². The van der Waals surface area contributed by atoms with E-state index >= 15 is 0 Å². The van der Waals surface area contributed by atoms with Gasteiger partial charge in [0.05, 0.1) is 12.9 Å². The summed E-state index contributed by atoms with van der Waals surface area (Å²) in [5.41, 5.74) is 1.49. The van der Waals surface area contributed by atoms with Crippen LogP contribution in [0.3, 0.4) is 0 Å². The van der Waals surface area contributed by atoms with Crippen molar-refractivity contribution in [3.63, 3.8) is 0 Å². The summed E-state index contributed by atoms with van der Waals surface area (Å²) in [7, 11) is 0. The lowest BCUT2D eigenvalue weighted by Crippen LogP contribution is -2.23. The van der Waals surface area contributed by atoms with E-state index in [9.17, 15) is 0 Å². The van der Waals surface area contributed by atoms with E-state index in [1.54, 1.807) is 0 Å². The molecule has 2 fully saturated rings. The number of hydrogen-bond acceptors (Lipinski definition) is 2. The van der Waals surface area contributed by atoms with Crippen molar-refractivity contribution in [2.24, 2.45) is 0 Å². The van der Waals surface area contributed by atoms with E-state index in [2.05, 4.69) is 0 Å². The number of rotatable bonds is 2. The molecular weight excluding hydrogens is 164 g/mol. The maximum atomic E-state index is 5.68. The molecule has 1 atom stereocenters. The molecule has 1 unspecified atom stereocenters. The molecule has 2 rings (SSSR count). The average Bonchev–Trinajstić information content (AvgIpc) is 2.69. The van der Waals surface area contributed by atoms with E-state index in [0.717, 1.165) is 26.1 Å². The zero-order valence-electron chi connectivity index (χ0n) is 8.13. The highest BCUT2D eigenvalue weighted by atomic mass is 16.5. The van der Waals surface area contributed by atoms with Gasteiger partial charge >= 0.3 is 0 Å². The predicted molar refractivity (Wildman–Crippen MR) is 51.5 cm³/mol. The molecule has 0 N–H and O–H groups in total. The summed E-state index contributed by atoms with van der Waals surface area (Å²) in [5.74, 6) is 0. The van der Waals surface area contributed by atoms with Gasteiger partial charge in [-0.2, -0.15) is 0 Å². The van der Waals surface area contributed by atoms with E-state index in [4.69, 9.17) is 9.47 Å². The summed E-state index contributed by atoms with van der Waals surface area (Å²) in [6, 6.07) is 0. The normalized spacial score (nSPS) is 28.9. The third-order valence-electron chi connectivity index (χ3n) is 2.79. The minimum atomic E-state index is 0.321. The lowest BCUT2D eigenvalue weighted by Gasteiger charge is -2.21. The van der Waals surface area contributed by atoms with Gasteiger partial charge < -0.3 is 9.47 Å². The molecule has 0 spiro atoms. The van der Waals surface area contributed by atoms with Crippen molar-refractivity contribution in [2.75, 3.05) is 13.2 Å². The van der Waals surface area contributed by atoms with Crippen molar-refractivity contribution < 1.29 is 9.47 Å². The molecule has 0 aromatic heterocycles. The summed E-state index contributed by atoms with van der Waals surface area (Å²) in [6.07, 6.45) is 9.79. The van der Waals surface area contributed by atoms with Crippen LogP contribution in [0.5, 0.6) is 0 Å². The van der Waals surface area contributed by atoms with E-state index in [0.29, 0.717) is 6.10 Å². The standard InChI is InChI=1S/C11H18O2/c1-2-5-10(4-1)8-13-11-6-3-7-12-9-11/h8,11H,1-7,9H2. The fraction of sp³-hybridized carbons (Fsp3) is 0.818. The summed E-state index contributed by atoms with van der Waals surface area (Å²) < 4.78 is 11.0. The molecule has 1 saturated heterocycles. The molecule has 0 bridgehead atoms. The van der Waals surface area contributed by atoms with Crippen LogP contribution in [0.4, 0.5) is 0 Å². The molecule has 13 heavy (non-hydrogen) atoms. The Morgan fingerprint density at radius 3 is 2.77 bits per heavy atom. The van der Waals surface area contributed by atoms with Crippen LogP contribution in [-0.2, 0) is 9.47 Å². The molecule has 0 amide bonds. The molecule has 2 nitrogen and oxygen atoms in total. The molecule has 1 aliphatic carbocycles. The quantitative estimate of drug-likeness (QED) is 0.611. The predicted octanol–water partition coefficient (Wildman–Crippen LogP) is 2.64. The maximum absolute atomic E-state index is 5.68. The Hall–Kier alpha value is -0.500. The van der Waals surface area contributed by atoms with Gasteiger partial charge in [-0.05, 0) is 44.1 Å². The van der Waals surface area contributed by atoms with Gasteiger partial charge in [0, 0.05) is 6.61 Å². The largest absolute Gasteiger partial charge is 0.496 e. The van der Waals surface area contributed by atoms with Crippen molar-refractivity contribution in [3.8, 4) is 0 Å². The summed E-state index contributed by atoms with van der Waals surface area (Å²) >= 11 is 0. The van der Waals surface area contributed by atoms with Crippen LogP contribution in [0.15, 0.2) is 11.8 Å². The van der Waals surface area contributed by atoms with Gasteiger partial charge in [-0.3, -0.25) is 0 Å². The summed E-state index contributed by atoms with van der Waals surface area (Å²) in [6.45, 7) is 1.69. The van der Waals surface area contributed by atoms with Crippen LogP contribution in [0.2, 0.25) is 0 Å². The Morgan fingerprint density at radius 1 is 1.23 bits per heavy atom. The van der Waals surface area contributed by atoms with Crippen molar-refractivity contribution in [1.82, 2.24) is 0 Å². The molecule has 1 saturated carbocycles. The molecule has 0 aromatic rings. The van der Waals surface area contributed by atoms with E-state index in [1.165, 1.54) is 31.3 Å². The second-order valence-corrected chi connectivity index (χ2v) is 3.96. The first-order valence-electron chi connectivity index (χ1n) is 5.36. The summed E-state index contributed by atoms with van der Waals surface area (Å²) in [5, 5.41) is 0. The van der Waals surface area contributed by atoms with Crippen molar-refractivity contribution in [1.29, 1.82) is 0 Å². The molecule has 2 aliphatic rings. The fourth-order valence-corrected chi connectivity index (χ4v) is 1.96. The molecule has 0 aromatic carbocycles. The van der Waals surface area contributed by atoms with E-state index in [1.807, 2.05) is 6.26 Å². The lowest BCUT2D eigenvalue weighted by atomic mass is 10.2. The van der Waals surface area contributed by atoms with Gasteiger partial charge in [-0.1, -0.05) is 0 Å². The minimum Gasteiger partial charge on any atom is -0.496 e. The van der Waals surface area contributed by atoms with E-state index < -0.39 is 0 Å². The van der Waals surface area contributed by atoms with Gasteiger partial charge in [0.2, 0.25) is 0 Å². The molecule has 1 heterocycles. The average molecular weight is 182 g/mol. The minimum absolute atomic E-state index is 0.321. The topological polar surface area (TPSA) is 18.5 Å². The Balaban J connectivity index is 1.73. The first-order valence-corrected chi connectivity index (χ1v) is 5.36. The zero-order valence-corrected chi connectivity index (χ0v) is 8.13. The van der Waals surface area contributed by atoms with Crippen molar-refractivity contribution in [3.05, 3.63) is 11.8 Å².